The first-order valence-electron chi connectivity index (χ1n) is 7.02. The van der Waals surface area contributed by atoms with Crippen LogP contribution in [0.4, 0.5) is 5.69 Å². The molecule has 0 unspecified atom stereocenters. The van der Waals surface area contributed by atoms with Crippen LogP contribution in [-0.2, 0) is 11.2 Å². The Hall–Kier alpha value is -1.13. The molecule has 0 saturated carbocycles. The lowest BCUT2D eigenvalue weighted by Crippen LogP contribution is -2.45. The fourth-order valence-corrected chi connectivity index (χ4v) is 3.33. The van der Waals surface area contributed by atoms with E-state index in [4.69, 9.17) is 17.0 Å². The van der Waals surface area contributed by atoms with Gasteiger partial charge in [-0.1, -0.05) is 18.2 Å². The van der Waals surface area contributed by atoms with Crippen LogP contribution in [0.1, 0.15) is 25.3 Å². The van der Waals surface area contributed by atoms with Crippen molar-refractivity contribution in [2.45, 2.75) is 38.3 Å². The van der Waals surface area contributed by atoms with E-state index in [-0.39, 0.29) is 0 Å². The lowest BCUT2D eigenvalue weighted by Gasteiger charge is -2.26. The minimum atomic E-state index is 0.325. The topological polar surface area (TPSA) is 24.5 Å². The highest BCUT2D eigenvalue weighted by Gasteiger charge is 2.28. The third kappa shape index (κ3) is 2.60. The maximum Gasteiger partial charge on any atom is 0.173 e. The normalized spacial score (nSPS) is 25.4. The van der Waals surface area contributed by atoms with Crippen molar-refractivity contribution in [3.63, 3.8) is 0 Å². The summed E-state index contributed by atoms with van der Waals surface area (Å²) in [6.07, 6.45) is 3.70. The zero-order valence-corrected chi connectivity index (χ0v) is 12.1. The zero-order chi connectivity index (χ0) is 13.2. The predicted octanol–water partition coefficient (Wildman–Crippen LogP) is 2.49. The van der Waals surface area contributed by atoms with Crippen LogP contribution in [0, 0.1) is 0 Å². The van der Waals surface area contributed by atoms with Gasteiger partial charge in [-0.25, -0.2) is 0 Å². The number of fused-ring (bicyclic) bond motifs is 1. The van der Waals surface area contributed by atoms with E-state index in [1.165, 1.54) is 17.7 Å². The van der Waals surface area contributed by atoms with Gasteiger partial charge in [0.25, 0.3) is 0 Å². The van der Waals surface area contributed by atoms with Gasteiger partial charge < -0.3 is 15.0 Å². The SMILES string of the molecule is C[C@H]1Cc2ccccc2N1C(=S)NC[C@@H]1CCCO1. The third-order valence-corrected chi connectivity index (χ3v) is 4.27. The molecule has 3 rings (SSSR count). The molecule has 1 saturated heterocycles. The van der Waals surface area contributed by atoms with Gasteiger partial charge in [0, 0.05) is 24.9 Å². The molecule has 0 spiro atoms. The molecule has 102 valence electrons. The number of thiocarbonyl (C=S) groups is 1. The van der Waals surface area contributed by atoms with Crippen molar-refractivity contribution >= 4 is 23.0 Å². The van der Waals surface area contributed by atoms with E-state index in [2.05, 4.69) is 41.4 Å². The summed E-state index contributed by atoms with van der Waals surface area (Å²) in [6.45, 7) is 3.94. The highest BCUT2D eigenvalue weighted by Crippen LogP contribution is 2.31. The van der Waals surface area contributed by atoms with E-state index in [0.29, 0.717) is 12.1 Å². The summed E-state index contributed by atoms with van der Waals surface area (Å²) in [5.41, 5.74) is 2.64. The molecule has 1 fully saturated rings. The standard InChI is InChI=1S/C15H20N2OS/c1-11-9-12-5-2-3-7-14(12)17(11)15(19)16-10-13-6-4-8-18-13/h2-3,5,7,11,13H,4,6,8-10H2,1H3,(H,16,19)/t11-,13-/m0/s1. The molecule has 0 amide bonds. The number of ether oxygens (including phenoxy) is 1. The number of nitrogens with one attached hydrogen (secondary N) is 1. The molecular weight excluding hydrogens is 256 g/mol. The van der Waals surface area contributed by atoms with E-state index in [1.807, 2.05) is 0 Å². The maximum absolute atomic E-state index is 5.62. The van der Waals surface area contributed by atoms with E-state index in [0.717, 1.165) is 31.1 Å². The second-order valence-corrected chi connectivity index (χ2v) is 5.76. The average molecular weight is 276 g/mol. The number of hydrogen-bond acceptors (Lipinski definition) is 2. The second-order valence-electron chi connectivity index (χ2n) is 5.37. The van der Waals surface area contributed by atoms with Crippen molar-refractivity contribution in [1.82, 2.24) is 5.32 Å². The van der Waals surface area contributed by atoms with Gasteiger partial charge in [0.1, 0.15) is 0 Å². The molecule has 2 heterocycles. The Labute approximate surface area is 119 Å². The number of para-hydroxylation sites is 1. The first-order valence-corrected chi connectivity index (χ1v) is 7.43. The Balaban J connectivity index is 1.66. The monoisotopic (exact) mass is 276 g/mol. The molecule has 3 nitrogen and oxygen atoms in total. The third-order valence-electron chi connectivity index (χ3n) is 3.93. The van der Waals surface area contributed by atoms with Gasteiger partial charge in [0.05, 0.1) is 6.10 Å². The first kappa shape index (κ1) is 12.9. The van der Waals surface area contributed by atoms with Gasteiger partial charge in [-0.3, -0.25) is 0 Å². The van der Waals surface area contributed by atoms with Gasteiger partial charge in [-0.15, -0.1) is 0 Å². The lowest BCUT2D eigenvalue weighted by atomic mass is 10.1. The summed E-state index contributed by atoms with van der Waals surface area (Å²) in [5.74, 6) is 0. The quantitative estimate of drug-likeness (QED) is 0.839. The van der Waals surface area contributed by atoms with Gasteiger partial charge in [0.15, 0.2) is 5.11 Å². The first-order chi connectivity index (χ1) is 9.25. The van der Waals surface area contributed by atoms with E-state index >= 15 is 0 Å². The molecule has 4 heteroatoms. The van der Waals surface area contributed by atoms with Gasteiger partial charge in [0.2, 0.25) is 0 Å². The Morgan fingerprint density at radius 2 is 2.32 bits per heavy atom. The largest absolute Gasteiger partial charge is 0.376 e. The number of rotatable bonds is 2. The molecule has 1 aromatic rings. The van der Waals surface area contributed by atoms with Crippen molar-refractivity contribution in [1.29, 1.82) is 0 Å². The van der Waals surface area contributed by atoms with E-state index < -0.39 is 0 Å². The highest BCUT2D eigenvalue weighted by atomic mass is 32.1. The average Bonchev–Trinajstić information content (AvgIpc) is 3.02. The smallest absolute Gasteiger partial charge is 0.173 e. The van der Waals surface area contributed by atoms with Crippen LogP contribution in [0.2, 0.25) is 0 Å². The molecular formula is C15H20N2OS. The number of hydrogen-bond donors (Lipinski definition) is 1. The molecule has 0 bridgehead atoms. The van der Waals surface area contributed by atoms with E-state index in [1.54, 1.807) is 0 Å². The predicted molar refractivity (Wildman–Crippen MR) is 81.7 cm³/mol. The highest BCUT2D eigenvalue weighted by molar-refractivity contribution is 7.80. The summed E-state index contributed by atoms with van der Waals surface area (Å²) in [5, 5.41) is 4.20. The van der Waals surface area contributed by atoms with Crippen LogP contribution in [0.3, 0.4) is 0 Å². The van der Waals surface area contributed by atoms with Crippen LogP contribution in [-0.4, -0.2) is 30.4 Å². The lowest BCUT2D eigenvalue weighted by molar-refractivity contribution is 0.114. The zero-order valence-electron chi connectivity index (χ0n) is 11.3. The van der Waals surface area contributed by atoms with E-state index in [9.17, 15) is 0 Å². The van der Waals surface area contributed by atoms with Crippen LogP contribution < -0.4 is 10.2 Å². The fraction of sp³-hybridized carbons (Fsp3) is 0.533. The van der Waals surface area contributed by atoms with Gasteiger partial charge >= 0.3 is 0 Å². The summed E-state index contributed by atoms with van der Waals surface area (Å²) in [6, 6.07) is 8.94. The Bertz CT molecular complexity index is 471. The van der Waals surface area contributed by atoms with Crippen molar-refractivity contribution in [2.24, 2.45) is 0 Å². The minimum Gasteiger partial charge on any atom is -0.376 e. The number of benzene rings is 1. The molecule has 1 aromatic carbocycles. The van der Waals surface area contributed by atoms with Crippen LogP contribution in [0.25, 0.3) is 0 Å². The summed E-state index contributed by atoms with van der Waals surface area (Å²) >= 11 is 5.56. The summed E-state index contributed by atoms with van der Waals surface area (Å²) < 4.78 is 5.62. The summed E-state index contributed by atoms with van der Waals surface area (Å²) in [7, 11) is 0. The molecule has 1 N–H and O–H groups in total. The molecule has 0 aromatic heterocycles. The molecule has 2 atom stereocenters. The number of nitrogens with zero attached hydrogens (tertiary/aromatic N) is 1. The summed E-state index contributed by atoms with van der Waals surface area (Å²) in [4.78, 5) is 2.24. The van der Waals surface area contributed by atoms with Crippen LogP contribution in [0.5, 0.6) is 0 Å². The Morgan fingerprint density at radius 3 is 3.11 bits per heavy atom. The molecule has 19 heavy (non-hydrogen) atoms. The Morgan fingerprint density at radius 1 is 1.47 bits per heavy atom. The maximum atomic E-state index is 5.62. The fourth-order valence-electron chi connectivity index (χ4n) is 2.97. The molecule has 0 aliphatic carbocycles. The van der Waals surface area contributed by atoms with Crippen LogP contribution in [0.15, 0.2) is 24.3 Å². The molecule has 2 aliphatic heterocycles. The minimum absolute atomic E-state index is 0.325. The molecule has 2 aliphatic rings. The second kappa shape index (κ2) is 5.47. The molecule has 0 radical (unpaired) electrons. The van der Waals surface area contributed by atoms with Crippen molar-refractivity contribution in [2.75, 3.05) is 18.1 Å². The van der Waals surface area contributed by atoms with Crippen molar-refractivity contribution in [3.05, 3.63) is 29.8 Å². The van der Waals surface area contributed by atoms with Crippen LogP contribution >= 0.6 is 12.2 Å². The Kier molecular flexibility index (Phi) is 3.71. The van der Waals surface area contributed by atoms with Crippen molar-refractivity contribution in [3.8, 4) is 0 Å². The number of anilines is 1. The van der Waals surface area contributed by atoms with Gasteiger partial charge in [-0.05, 0) is 50.0 Å². The van der Waals surface area contributed by atoms with Crippen molar-refractivity contribution < 1.29 is 4.74 Å². The van der Waals surface area contributed by atoms with Gasteiger partial charge in [-0.2, -0.15) is 0 Å².